The Hall–Kier alpha value is -2.56. The summed E-state index contributed by atoms with van der Waals surface area (Å²) in [7, 11) is 0. The fourth-order valence-corrected chi connectivity index (χ4v) is 4.45. The minimum Gasteiger partial charge on any atom is -0.480 e. The Kier molecular flexibility index (Phi) is 12.3. The van der Waals surface area contributed by atoms with Crippen molar-refractivity contribution in [2.45, 2.75) is 36.3 Å². The first-order valence-corrected chi connectivity index (χ1v) is 13.3. The lowest BCUT2D eigenvalue weighted by Gasteiger charge is -2.36. The summed E-state index contributed by atoms with van der Waals surface area (Å²) in [4.78, 5) is 31.0. The van der Waals surface area contributed by atoms with Crippen molar-refractivity contribution >= 4 is 100 Å². The number of aliphatic carboxylic acids is 1. The summed E-state index contributed by atoms with van der Waals surface area (Å²) in [6.07, 6.45) is 3.51. The van der Waals surface area contributed by atoms with Crippen LogP contribution in [-0.2, 0) is 9.59 Å². The SMILES string of the molecule is CC(C)C[C@@H](C(=O)O)N(C(=S)NC(NC(=O)/C=C/c1ccccc1)C(Cl)(Cl)Cl)c1cccc2cccnc12.S. The number of hydrogen-bond acceptors (Lipinski definition) is 4. The summed E-state index contributed by atoms with van der Waals surface area (Å²) in [5.41, 5.74) is 1.82. The highest BCUT2D eigenvalue weighted by Gasteiger charge is 2.38. The van der Waals surface area contributed by atoms with E-state index < -0.39 is 27.9 Å². The van der Waals surface area contributed by atoms with Crippen molar-refractivity contribution in [1.82, 2.24) is 15.6 Å². The minimum absolute atomic E-state index is 0. The second-order valence-corrected chi connectivity index (χ2v) is 11.6. The van der Waals surface area contributed by atoms with E-state index in [1.54, 1.807) is 30.5 Å². The number of amides is 1. The maximum Gasteiger partial charge on any atom is 0.326 e. The third-order valence-electron chi connectivity index (χ3n) is 5.49. The van der Waals surface area contributed by atoms with Crippen LogP contribution in [0.25, 0.3) is 17.0 Å². The predicted octanol–water partition coefficient (Wildman–Crippen LogP) is 6.05. The molecule has 3 N–H and O–H groups in total. The molecule has 0 bridgehead atoms. The van der Waals surface area contributed by atoms with Crippen LogP contribution in [0.4, 0.5) is 5.69 Å². The monoisotopic (exact) mass is 626 g/mol. The first-order chi connectivity index (χ1) is 18.0. The highest BCUT2D eigenvalue weighted by atomic mass is 35.6. The predicted molar refractivity (Wildman–Crippen MR) is 169 cm³/mol. The Morgan fingerprint density at radius 2 is 1.72 bits per heavy atom. The zero-order valence-corrected chi connectivity index (χ0v) is 25.2. The molecule has 0 radical (unpaired) electrons. The topological polar surface area (TPSA) is 94.6 Å². The number of hydrogen-bond donors (Lipinski definition) is 3. The first-order valence-electron chi connectivity index (χ1n) is 11.7. The number of aromatic nitrogens is 1. The van der Waals surface area contributed by atoms with Crippen LogP contribution >= 0.6 is 60.5 Å². The van der Waals surface area contributed by atoms with E-state index in [1.807, 2.05) is 56.3 Å². The highest BCUT2D eigenvalue weighted by molar-refractivity contribution is 7.80. The van der Waals surface area contributed by atoms with Gasteiger partial charge in [0.15, 0.2) is 5.11 Å². The number of para-hydroxylation sites is 1. The van der Waals surface area contributed by atoms with Crippen molar-refractivity contribution in [1.29, 1.82) is 0 Å². The number of alkyl halides is 3. The van der Waals surface area contributed by atoms with E-state index in [4.69, 9.17) is 47.0 Å². The number of carbonyl (C=O) groups excluding carboxylic acids is 1. The summed E-state index contributed by atoms with van der Waals surface area (Å²) < 4.78 is -2.03. The third-order valence-corrected chi connectivity index (χ3v) is 6.46. The van der Waals surface area contributed by atoms with Gasteiger partial charge in [0.2, 0.25) is 9.70 Å². The van der Waals surface area contributed by atoms with Gasteiger partial charge in [-0.2, -0.15) is 13.5 Å². The number of carboxylic acid groups (broad SMARTS) is 1. The molecule has 1 aromatic heterocycles. The van der Waals surface area contributed by atoms with E-state index in [2.05, 4.69) is 15.6 Å². The highest BCUT2D eigenvalue weighted by Crippen LogP contribution is 2.32. The quantitative estimate of drug-likeness (QED) is 0.115. The van der Waals surface area contributed by atoms with Crippen LogP contribution in [0, 0.1) is 5.92 Å². The van der Waals surface area contributed by atoms with Gasteiger partial charge in [-0.3, -0.25) is 9.78 Å². The number of nitrogens with one attached hydrogen (secondary N) is 2. The summed E-state index contributed by atoms with van der Waals surface area (Å²) >= 11 is 24.3. The number of anilines is 1. The van der Waals surface area contributed by atoms with E-state index in [0.29, 0.717) is 11.2 Å². The number of rotatable bonds is 9. The van der Waals surface area contributed by atoms with Gasteiger partial charge in [-0.15, -0.1) is 0 Å². The van der Waals surface area contributed by atoms with Crippen molar-refractivity contribution in [3.05, 3.63) is 78.5 Å². The molecular formula is C27H29Cl3N4O3S2. The maximum atomic E-state index is 12.7. The molecule has 1 heterocycles. The van der Waals surface area contributed by atoms with Crippen LogP contribution in [0.2, 0.25) is 0 Å². The standard InChI is InChI=1S/C27H27Cl3N4O3S.H2S/c1-17(2)16-21(24(36)37)34(20-12-6-10-19-11-7-15-31-23(19)20)26(38)33-25(27(28,29)30)32-22(35)14-13-18-8-4-3-5-9-18;/h3-15,17,21,25H,16H2,1-2H3,(H,32,35)(H,33,38)(H,36,37);1H2/b14-13+;/t21-,25?;/m0./s1. The average molecular weight is 628 g/mol. The van der Waals surface area contributed by atoms with Crippen LogP contribution in [0.15, 0.2) is 72.9 Å². The van der Waals surface area contributed by atoms with E-state index in [1.165, 1.54) is 11.0 Å². The summed E-state index contributed by atoms with van der Waals surface area (Å²) in [5, 5.41) is 16.4. The molecule has 208 valence electrons. The van der Waals surface area contributed by atoms with Gasteiger partial charge in [0, 0.05) is 17.7 Å². The number of fused-ring (bicyclic) bond motifs is 1. The van der Waals surface area contributed by atoms with Crippen molar-refractivity contribution < 1.29 is 14.7 Å². The van der Waals surface area contributed by atoms with E-state index in [-0.39, 0.29) is 30.9 Å². The Bertz CT molecular complexity index is 1320. The molecule has 0 aliphatic rings. The van der Waals surface area contributed by atoms with Gasteiger partial charge in [0.05, 0.1) is 11.2 Å². The van der Waals surface area contributed by atoms with Crippen LogP contribution in [0.3, 0.4) is 0 Å². The third kappa shape index (κ3) is 9.25. The van der Waals surface area contributed by atoms with Gasteiger partial charge in [0.1, 0.15) is 12.2 Å². The molecule has 0 saturated heterocycles. The van der Waals surface area contributed by atoms with E-state index >= 15 is 0 Å². The van der Waals surface area contributed by atoms with Crippen molar-refractivity contribution in [3.8, 4) is 0 Å². The van der Waals surface area contributed by atoms with Crippen molar-refractivity contribution in [3.63, 3.8) is 0 Å². The molecule has 0 saturated carbocycles. The molecule has 0 spiro atoms. The number of thiocarbonyl (C=S) groups is 1. The van der Waals surface area contributed by atoms with Gasteiger partial charge >= 0.3 is 5.97 Å². The number of carbonyl (C=O) groups is 2. The number of benzene rings is 2. The van der Waals surface area contributed by atoms with Gasteiger partial charge in [-0.25, -0.2) is 4.79 Å². The molecule has 39 heavy (non-hydrogen) atoms. The van der Waals surface area contributed by atoms with Crippen LogP contribution < -0.4 is 15.5 Å². The molecule has 2 aromatic carbocycles. The number of halogens is 3. The van der Waals surface area contributed by atoms with Crippen molar-refractivity contribution in [2.24, 2.45) is 5.92 Å². The van der Waals surface area contributed by atoms with Crippen LogP contribution in [0.5, 0.6) is 0 Å². The molecule has 1 amide bonds. The van der Waals surface area contributed by atoms with E-state index in [9.17, 15) is 14.7 Å². The van der Waals surface area contributed by atoms with E-state index in [0.717, 1.165) is 10.9 Å². The maximum absolute atomic E-state index is 12.7. The molecule has 0 aliphatic heterocycles. The van der Waals surface area contributed by atoms with Crippen molar-refractivity contribution in [2.75, 3.05) is 4.90 Å². The molecule has 3 aromatic rings. The number of carboxylic acids is 1. The fourth-order valence-electron chi connectivity index (χ4n) is 3.78. The van der Waals surface area contributed by atoms with Gasteiger partial charge in [0.25, 0.3) is 0 Å². The fraction of sp³-hybridized carbons (Fsp3) is 0.259. The summed E-state index contributed by atoms with van der Waals surface area (Å²) in [6, 6.07) is 17.2. The summed E-state index contributed by atoms with van der Waals surface area (Å²) in [5.74, 6) is -1.61. The van der Waals surface area contributed by atoms with Gasteiger partial charge in [-0.1, -0.05) is 97.2 Å². The number of pyridine rings is 1. The normalized spacial score (nSPS) is 13.0. The zero-order valence-electron chi connectivity index (χ0n) is 21.1. The Morgan fingerprint density at radius 3 is 2.33 bits per heavy atom. The Labute approximate surface area is 255 Å². The molecule has 3 rings (SSSR count). The molecule has 2 atom stereocenters. The second kappa shape index (κ2) is 14.7. The lowest BCUT2D eigenvalue weighted by Crippen LogP contribution is -2.60. The smallest absolute Gasteiger partial charge is 0.326 e. The summed E-state index contributed by atoms with van der Waals surface area (Å²) in [6.45, 7) is 3.82. The molecule has 12 heteroatoms. The average Bonchev–Trinajstić information content (AvgIpc) is 2.86. The largest absolute Gasteiger partial charge is 0.480 e. The van der Waals surface area contributed by atoms with Crippen LogP contribution in [-0.4, -0.2) is 43.1 Å². The molecule has 1 unspecified atom stereocenters. The first kappa shape index (κ1) is 32.7. The Balaban J connectivity index is 0.00000533. The second-order valence-electron chi connectivity index (χ2n) is 8.88. The number of nitrogens with zero attached hydrogens (tertiary/aromatic N) is 2. The minimum atomic E-state index is -2.03. The molecule has 7 nitrogen and oxygen atoms in total. The molecular weight excluding hydrogens is 599 g/mol. The van der Waals surface area contributed by atoms with Gasteiger partial charge in [-0.05, 0) is 48.3 Å². The Morgan fingerprint density at radius 1 is 1.05 bits per heavy atom. The molecule has 0 fully saturated rings. The lowest BCUT2D eigenvalue weighted by molar-refractivity contribution is -0.138. The van der Waals surface area contributed by atoms with Gasteiger partial charge < -0.3 is 20.6 Å². The zero-order chi connectivity index (χ0) is 27.9. The van der Waals surface area contributed by atoms with Crippen LogP contribution in [0.1, 0.15) is 25.8 Å². The molecule has 0 aliphatic carbocycles. The lowest BCUT2D eigenvalue weighted by atomic mass is 10.0.